The zero-order chi connectivity index (χ0) is 19.7. The highest BCUT2D eigenvalue weighted by molar-refractivity contribution is 5.97. The van der Waals surface area contributed by atoms with Gasteiger partial charge in [0.1, 0.15) is 5.69 Å². The Labute approximate surface area is 153 Å². The van der Waals surface area contributed by atoms with Crippen molar-refractivity contribution in [2.45, 2.75) is 13.8 Å². The van der Waals surface area contributed by atoms with E-state index in [9.17, 15) is 19.7 Å². The number of nitrogens with one attached hydrogen (secondary N) is 1. The van der Waals surface area contributed by atoms with Crippen LogP contribution in [-0.2, 0) is 9.53 Å². The summed E-state index contributed by atoms with van der Waals surface area (Å²) in [6, 6.07) is 4.21. The predicted molar refractivity (Wildman–Crippen MR) is 98.4 cm³/mol. The van der Waals surface area contributed by atoms with E-state index >= 15 is 0 Å². The second-order valence-corrected chi connectivity index (χ2v) is 5.64. The van der Waals surface area contributed by atoms with Gasteiger partial charge < -0.3 is 19.9 Å². The number of amides is 2. The molecule has 0 aliphatic carbocycles. The van der Waals surface area contributed by atoms with E-state index in [-0.39, 0.29) is 23.7 Å². The topological polar surface area (TPSA) is 105 Å². The Morgan fingerprint density at radius 1 is 1.27 bits per heavy atom. The van der Waals surface area contributed by atoms with E-state index in [4.69, 9.17) is 4.74 Å². The number of benzene rings is 1. The maximum Gasteiger partial charge on any atom is 0.293 e. The molecule has 1 rings (SSSR count). The van der Waals surface area contributed by atoms with Gasteiger partial charge in [0.25, 0.3) is 11.6 Å². The van der Waals surface area contributed by atoms with Crippen molar-refractivity contribution < 1.29 is 19.2 Å². The molecule has 0 aromatic heterocycles. The van der Waals surface area contributed by atoms with E-state index in [0.717, 1.165) is 0 Å². The third kappa shape index (κ3) is 5.69. The SMILES string of the molecule is CCN(CC)C(=O)CN(C)C(=O)c1ccc(NCCOC)c([N+](=O)[O-])c1. The van der Waals surface area contributed by atoms with Gasteiger partial charge in [-0.3, -0.25) is 19.7 Å². The Balaban J connectivity index is 2.93. The van der Waals surface area contributed by atoms with Crippen molar-refractivity contribution in [3.05, 3.63) is 33.9 Å². The number of ether oxygens (including phenoxy) is 1. The second-order valence-electron chi connectivity index (χ2n) is 5.64. The summed E-state index contributed by atoms with van der Waals surface area (Å²) in [6.07, 6.45) is 0. The van der Waals surface area contributed by atoms with Gasteiger partial charge in [0.05, 0.1) is 18.1 Å². The number of nitro groups is 1. The Hall–Kier alpha value is -2.68. The molecule has 0 radical (unpaired) electrons. The smallest absolute Gasteiger partial charge is 0.293 e. The Kier molecular flexibility index (Phi) is 8.50. The molecule has 1 aromatic carbocycles. The van der Waals surface area contributed by atoms with Crippen LogP contribution in [0.1, 0.15) is 24.2 Å². The molecule has 1 aromatic rings. The number of carbonyl (C=O) groups is 2. The van der Waals surface area contributed by atoms with Crippen molar-refractivity contribution in [2.75, 3.05) is 52.3 Å². The molecule has 0 heterocycles. The first-order chi connectivity index (χ1) is 12.3. The lowest BCUT2D eigenvalue weighted by Crippen LogP contribution is -2.41. The molecular weight excluding hydrogens is 340 g/mol. The van der Waals surface area contributed by atoms with Crippen LogP contribution in [0.15, 0.2) is 18.2 Å². The fourth-order valence-electron chi connectivity index (χ4n) is 2.42. The number of hydrogen-bond donors (Lipinski definition) is 1. The Bertz CT molecular complexity index is 646. The summed E-state index contributed by atoms with van der Waals surface area (Å²) < 4.78 is 4.90. The lowest BCUT2D eigenvalue weighted by atomic mass is 10.1. The fourth-order valence-corrected chi connectivity index (χ4v) is 2.42. The number of anilines is 1. The molecule has 0 aliphatic heterocycles. The average Bonchev–Trinajstić information content (AvgIpc) is 2.62. The van der Waals surface area contributed by atoms with Crippen LogP contribution in [0.4, 0.5) is 11.4 Å². The third-order valence-corrected chi connectivity index (χ3v) is 3.90. The second kappa shape index (κ2) is 10.3. The maximum absolute atomic E-state index is 12.5. The quantitative estimate of drug-likeness (QED) is 0.383. The zero-order valence-corrected chi connectivity index (χ0v) is 15.7. The van der Waals surface area contributed by atoms with Crippen molar-refractivity contribution in [3.63, 3.8) is 0 Å². The third-order valence-electron chi connectivity index (χ3n) is 3.90. The normalized spacial score (nSPS) is 10.3. The first-order valence-electron chi connectivity index (χ1n) is 8.40. The summed E-state index contributed by atoms with van der Waals surface area (Å²) in [5, 5.41) is 14.2. The number of methoxy groups -OCH3 is 1. The number of hydrogen-bond acceptors (Lipinski definition) is 6. The summed E-state index contributed by atoms with van der Waals surface area (Å²) in [6.45, 7) is 5.57. The molecule has 0 unspecified atom stereocenters. The zero-order valence-electron chi connectivity index (χ0n) is 15.7. The van der Waals surface area contributed by atoms with Crippen LogP contribution >= 0.6 is 0 Å². The predicted octanol–water partition coefficient (Wildman–Crippen LogP) is 1.59. The minimum absolute atomic E-state index is 0.0812. The molecule has 0 fully saturated rings. The summed E-state index contributed by atoms with van der Waals surface area (Å²) in [7, 11) is 3.04. The molecule has 1 N–H and O–H groups in total. The molecule has 9 heteroatoms. The van der Waals surface area contributed by atoms with Crippen LogP contribution in [0.3, 0.4) is 0 Å². The standard InChI is InChI=1S/C17H26N4O5/c1-5-20(6-2)16(22)12-19(3)17(23)13-7-8-14(18-9-10-26-4)15(11-13)21(24)25/h7-8,11,18H,5-6,9-10,12H2,1-4H3. The van der Waals surface area contributed by atoms with E-state index in [2.05, 4.69) is 5.32 Å². The van der Waals surface area contributed by atoms with E-state index in [1.54, 1.807) is 4.90 Å². The molecule has 2 amide bonds. The Morgan fingerprint density at radius 3 is 2.46 bits per heavy atom. The number of likely N-dealkylation sites (N-methyl/N-ethyl adjacent to an activating group) is 2. The number of nitrogens with zero attached hydrogens (tertiary/aromatic N) is 3. The van der Waals surface area contributed by atoms with Crippen LogP contribution in [0.25, 0.3) is 0 Å². The van der Waals surface area contributed by atoms with Gasteiger partial charge >= 0.3 is 0 Å². The van der Waals surface area contributed by atoms with Crippen molar-refractivity contribution in [1.29, 1.82) is 0 Å². The Morgan fingerprint density at radius 2 is 1.92 bits per heavy atom. The first kappa shape index (κ1) is 21.4. The molecule has 0 aliphatic rings. The first-order valence-corrected chi connectivity index (χ1v) is 8.40. The van der Waals surface area contributed by atoms with Gasteiger partial charge in [-0.1, -0.05) is 0 Å². The maximum atomic E-state index is 12.5. The highest BCUT2D eigenvalue weighted by Crippen LogP contribution is 2.26. The van der Waals surface area contributed by atoms with Crippen molar-refractivity contribution >= 4 is 23.2 Å². The van der Waals surface area contributed by atoms with Gasteiger partial charge in [0.2, 0.25) is 5.91 Å². The van der Waals surface area contributed by atoms with Crippen LogP contribution < -0.4 is 5.32 Å². The molecule has 0 saturated heterocycles. The largest absolute Gasteiger partial charge is 0.383 e. The summed E-state index contributed by atoms with van der Waals surface area (Å²) in [4.78, 5) is 38.3. The van der Waals surface area contributed by atoms with E-state index < -0.39 is 10.8 Å². The van der Waals surface area contributed by atoms with Crippen LogP contribution in [0, 0.1) is 10.1 Å². The van der Waals surface area contributed by atoms with Crippen LogP contribution in [0.2, 0.25) is 0 Å². The molecule has 144 valence electrons. The monoisotopic (exact) mass is 366 g/mol. The minimum Gasteiger partial charge on any atom is -0.383 e. The van der Waals surface area contributed by atoms with E-state index in [1.165, 1.54) is 37.3 Å². The molecule has 0 spiro atoms. The van der Waals surface area contributed by atoms with Crippen LogP contribution in [-0.4, -0.2) is 73.5 Å². The van der Waals surface area contributed by atoms with Gasteiger partial charge in [-0.05, 0) is 26.0 Å². The van der Waals surface area contributed by atoms with Crippen molar-refractivity contribution in [2.24, 2.45) is 0 Å². The van der Waals surface area contributed by atoms with Crippen LogP contribution in [0.5, 0.6) is 0 Å². The highest BCUT2D eigenvalue weighted by Gasteiger charge is 2.21. The van der Waals surface area contributed by atoms with E-state index in [0.29, 0.717) is 31.9 Å². The van der Waals surface area contributed by atoms with Crippen molar-refractivity contribution in [1.82, 2.24) is 9.80 Å². The van der Waals surface area contributed by atoms with Gasteiger partial charge in [-0.25, -0.2) is 0 Å². The average molecular weight is 366 g/mol. The lowest BCUT2D eigenvalue weighted by molar-refractivity contribution is -0.384. The highest BCUT2D eigenvalue weighted by atomic mass is 16.6. The van der Waals surface area contributed by atoms with Gasteiger partial charge in [0.15, 0.2) is 0 Å². The molecule has 9 nitrogen and oxygen atoms in total. The van der Waals surface area contributed by atoms with Crippen molar-refractivity contribution in [3.8, 4) is 0 Å². The number of rotatable bonds is 10. The van der Waals surface area contributed by atoms with Gasteiger partial charge in [0, 0.05) is 45.4 Å². The van der Waals surface area contributed by atoms with Gasteiger partial charge in [-0.2, -0.15) is 0 Å². The lowest BCUT2D eigenvalue weighted by Gasteiger charge is -2.23. The van der Waals surface area contributed by atoms with E-state index in [1.807, 2.05) is 13.8 Å². The number of nitro benzene ring substituents is 1. The molecule has 0 saturated carbocycles. The molecule has 0 atom stereocenters. The summed E-state index contributed by atoms with van der Waals surface area (Å²) >= 11 is 0. The summed E-state index contributed by atoms with van der Waals surface area (Å²) in [5.41, 5.74) is 0.268. The van der Waals surface area contributed by atoms with Gasteiger partial charge in [-0.15, -0.1) is 0 Å². The summed E-state index contributed by atoms with van der Waals surface area (Å²) in [5.74, 6) is -0.616. The minimum atomic E-state index is -0.549. The molecule has 26 heavy (non-hydrogen) atoms. The molecule has 0 bridgehead atoms. The fraction of sp³-hybridized carbons (Fsp3) is 0.529. The number of carbonyl (C=O) groups excluding carboxylic acids is 2. The molecular formula is C17H26N4O5.